The molecule has 0 spiro atoms. The maximum Gasteiger partial charge on any atom is 0.113 e. The lowest BCUT2D eigenvalue weighted by Crippen LogP contribution is -2.49. The minimum atomic E-state index is -2.11. The van der Waals surface area contributed by atoms with Gasteiger partial charge >= 0.3 is 0 Å². The molecule has 0 aliphatic carbocycles. The standard InChI is InChI=1S/C58H42Si/c1-59(2)55-36-48(45-24-22-42(23-25-45)39-14-6-3-7-15-39)34-35-49(55)52-37-53-54(38-56(52)59)58(47-32-28-44(29-33-47)41-18-10-5-11-19-41)51-21-13-12-20-50(51)57(53)46-30-26-43(27-31-46)40-16-8-4-9-17-40/h3-38H,1-2H3. The van der Waals surface area contributed by atoms with E-state index in [9.17, 15) is 0 Å². The summed E-state index contributed by atoms with van der Waals surface area (Å²) < 4.78 is 0. The van der Waals surface area contributed by atoms with Crippen LogP contribution in [0.25, 0.3) is 99.4 Å². The highest BCUT2D eigenvalue weighted by Gasteiger charge is 2.38. The Labute approximate surface area is 347 Å². The second-order valence-corrected chi connectivity index (χ2v) is 20.8. The molecule has 0 amide bonds. The number of hydrogen-bond donors (Lipinski definition) is 0. The molecule has 0 nitrogen and oxygen atoms in total. The second-order valence-electron chi connectivity index (χ2n) is 16.5. The van der Waals surface area contributed by atoms with Gasteiger partial charge < -0.3 is 0 Å². The first-order chi connectivity index (χ1) is 29.0. The molecule has 0 fully saturated rings. The summed E-state index contributed by atoms with van der Waals surface area (Å²) in [7, 11) is -2.11. The maximum atomic E-state index is 2.60. The molecule has 10 aromatic rings. The summed E-state index contributed by atoms with van der Waals surface area (Å²) >= 11 is 0. The van der Waals surface area contributed by atoms with Crippen LogP contribution >= 0.6 is 0 Å². The van der Waals surface area contributed by atoms with E-state index in [0.29, 0.717) is 0 Å². The average Bonchev–Trinajstić information content (AvgIpc) is 3.52. The minimum absolute atomic E-state index is 1.23. The maximum absolute atomic E-state index is 2.60. The smallest absolute Gasteiger partial charge is 0.0622 e. The van der Waals surface area contributed by atoms with Crippen molar-refractivity contribution in [3.05, 3.63) is 218 Å². The zero-order valence-electron chi connectivity index (χ0n) is 33.3. The van der Waals surface area contributed by atoms with E-state index in [1.165, 1.54) is 110 Å². The monoisotopic (exact) mass is 766 g/mol. The molecule has 1 heteroatoms. The van der Waals surface area contributed by atoms with Crippen LogP contribution < -0.4 is 10.4 Å². The Morgan fingerprint density at radius 1 is 0.237 bits per heavy atom. The van der Waals surface area contributed by atoms with E-state index < -0.39 is 8.07 Å². The van der Waals surface area contributed by atoms with Crippen LogP contribution in [0, 0.1) is 0 Å². The quantitative estimate of drug-likeness (QED) is 0.117. The first-order valence-corrected chi connectivity index (χ1v) is 23.7. The molecular weight excluding hydrogens is 725 g/mol. The van der Waals surface area contributed by atoms with E-state index in [4.69, 9.17) is 0 Å². The first-order valence-electron chi connectivity index (χ1n) is 20.7. The number of benzene rings is 10. The van der Waals surface area contributed by atoms with Crippen LogP contribution in [0.4, 0.5) is 0 Å². The molecule has 1 aliphatic heterocycles. The lowest BCUT2D eigenvalue weighted by molar-refractivity contribution is 1.59. The largest absolute Gasteiger partial charge is 0.113 e. The van der Waals surface area contributed by atoms with Crippen LogP contribution in [0.5, 0.6) is 0 Å². The molecule has 0 saturated carbocycles. The fourth-order valence-corrected chi connectivity index (χ4v) is 12.7. The Morgan fingerprint density at radius 2 is 0.559 bits per heavy atom. The fraction of sp³-hybridized carbons (Fsp3) is 0.0345. The van der Waals surface area contributed by atoms with Crippen molar-refractivity contribution in [3.63, 3.8) is 0 Å². The highest BCUT2D eigenvalue weighted by molar-refractivity contribution is 7.04. The van der Waals surface area contributed by atoms with Crippen LogP contribution in [0.15, 0.2) is 218 Å². The van der Waals surface area contributed by atoms with Crippen LogP contribution in [-0.4, -0.2) is 8.07 Å². The summed E-state index contributed by atoms with van der Waals surface area (Å²) in [5.41, 5.74) is 17.8. The Kier molecular flexibility index (Phi) is 8.39. The molecule has 278 valence electrons. The van der Waals surface area contributed by atoms with Crippen LogP contribution in [0.2, 0.25) is 13.1 Å². The van der Waals surface area contributed by atoms with Crippen molar-refractivity contribution >= 4 is 40.0 Å². The van der Waals surface area contributed by atoms with Gasteiger partial charge in [0.15, 0.2) is 0 Å². The van der Waals surface area contributed by atoms with E-state index in [0.717, 1.165) is 0 Å². The van der Waals surface area contributed by atoms with Crippen molar-refractivity contribution in [1.29, 1.82) is 0 Å². The molecule has 0 atom stereocenters. The van der Waals surface area contributed by atoms with Crippen molar-refractivity contribution in [1.82, 2.24) is 0 Å². The average molecular weight is 767 g/mol. The third kappa shape index (κ3) is 5.97. The molecule has 0 bridgehead atoms. The topological polar surface area (TPSA) is 0 Å². The summed E-state index contributed by atoms with van der Waals surface area (Å²) in [4.78, 5) is 0. The molecule has 0 saturated heterocycles. The van der Waals surface area contributed by atoms with Crippen LogP contribution in [0.1, 0.15) is 0 Å². The van der Waals surface area contributed by atoms with Gasteiger partial charge in [0, 0.05) is 0 Å². The molecule has 59 heavy (non-hydrogen) atoms. The highest BCUT2D eigenvalue weighted by Crippen LogP contribution is 2.46. The van der Waals surface area contributed by atoms with E-state index >= 15 is 0 Å². The van der Waals surface area contributed by atoms with Gasteiger partial charge in [-0.3, -0.25) is 0 Å². The zero-order chi connectivity index (χ0) is 39.5. The molecule has 1 aliphatic rings. The minimum Gasteiger partial charge on any atom is -0.0622 e. The normalized spacial score (nSPS) is 12.7. The van der Waals surface area contributed by atoms with E-state index in [2.05, 4.69) is 231 Å². The summed E-state index contributed by atoms with van der Waals surface area (Å²) in [6.45, 7) is 5.09. The molecule has 10 aromatic carbocycles. The molecule has 0 N–H and O–H groups in total. The van der Waals surface area contributed by atoms with E-state index in [1.54, 1.807) is 0 Å². The Hall–Kier alpha value is -7.06. The lowest BCUT2D eigenvalue weighted by Gasteiger charge is -2.23. The van der Waals surface area contributed by atoms with Gasteiger partial charge in [0.2, 0.25) is 0 Å². The van der Waals surface area contributed by atoms with Crippen molar-refractivity contribution < 1.29 is 0 Å². The van der Waals surface area contributed by atoms with Crippen LogP contribution in [-0.2, 0) is 0 Å². The van der Waals surface area contributed by atoms with Crippen molar-refractivity contribution in [2.24, 2.45) is 0 Å². The van der Waals surface area contributed by atoms with E-state index in [1.807, 2.05) is 0 Å². The molecule has 1 heterocycles. The number of fused-ring (bicyclic) bond motifs is 5. The summed E-state index contributed by atoms with van der Waals surface area (Å²) in [5.74, 6) is 0. The Bertz CT molecular complexity index is 3160. The van der Waals surface area contributed by atoms with Crippen molar-refractivity contribution in [2.45, 2.75) is 13.1 Å². The number of rotatable bonds is 6. The van der Waals surface area contributed by atoms with Crippen LogP contribution in [0.3, 0.4) is 0 Å². The second kappa shape index (κ2) is 14.1. The van der Waals surface area contributed by atoms with Gasteiger partial charge in [-0.25, -0.2) is 0 Å². The molecule has 0 unspecified atom stereocenters. The van der Waals surface area contributed by atoms with Gasteiger partial charge in [-0.15, -0.1) is 0 Å². The summed E-state index contributed by atoms with van der Waals surface area (Å²) in [5, 5.41) is 8.21. The van der Waals surface area contributed by atoms with Crippen molar-refractivity contribution in [2.75, 3.05) is 0 Å². The number of hydrogen-bond acceptors (Lipinski definition) is 0. The fourth-order valence-electron chi connectivity index (χ4n) is 9.61. The summed E-state index contributed by atoms with van der Waals surface area (Å²) in [6, 6.07) is 81.0. The zero-order valence-corrected chi connectivity index (χ0v) is 34.3. The predicted octanol–water partition coefficient (Wildman–Crippen LogP) is 14.8. The van der Waals surface area contributed by atoms with Gasteiger partial charge in [0.25, 0.3) is 0 Å². The van der Waals surface area contributed by atoms with E-state index in [-0.39, 0.29) is 0 Å². The van der Waals surface area contributed by atoms with Gasteiger partial charge in [-0.1, -0.05) is 225 Å². The SMILES string of the molecule is C[Si]1(C)c2cc(-c3ccc(-c4ccccc4)cc3)ccc2-c2cc3c(-c4ccc(-c5ccccc5)cc4)c4ccccc4c(-c4ccc(-c5ccccc5)cc4)c3cc21. The molecule has 0 radical (unpaired) electrons. The van der Waals surface area contributed by atoms with Gasteiger partial charge in [0.1, 0.15) is 8.07 Å². The summed E-state index contributed by atoms with van der Waals surface area (Å²) in [6.07, 6.45) is 0. The van der Waals surface area contributed by atoms with Crippen molar-refractivity contribution in [3.8, 4) is 77.9 Å². The first kappa shape index (κ1) is 35.1. The third-order valence-electron chi connectivity index (χ3n) is 12.7. The lowest BCUT2D eigenvalue weighted by atomic mass is 9.84. The predicted molar refractivity (Wildman–Crippen MR) is 256 cm³/mol. The Balaban J connectivity index is 1.11. The Morgan fingerprint density at radius 3 is 1.00 bits per heavy atom. The molecule has 0 aromatic heterocycles. The molecular formula is C58H42Si. The van der Waals surface area contributed by atoms with Gasteiger partial charge in [0.05, 0.1) is 0 Å². The van der Waals surface area contributed by atoms with Gasteiger partial charge in [-0.05, 0) is 116 Å². The highest BCUT2D eigenvalue weighted by atomic mass is 28.3. The third-order valence-corrected chi connectivity index (χ3v) is 16.2. The molecule has 11 rings (SSSR count). The van der Waals surface area contributed by atoms with Gasteiger partial charge in [-0.2, -0.15) is 0 Å².